The van der Waals surface area contributed by atoms with Crippen molar-refractivity contribution < 1.29 is 15.0 Å². The fourth-order valence-electron chi connectivity index (χ4n) is 2.59. The van der Waals surface area contributed by atoms with Crippen LogP contribution in [0.4, 0.5) is 0 Å². The van der Waals surface area contributed by atoms with Gasteiger partial charge in [0.2, 0.25) is 0 Å². The smallest absolute Gasteiger partial charge is 0.335 e. The first-order valence-corrected chi connectivity index (χ1v) is 8.11. The first kappa shape index (κ1) is 17.3. The minimum atomic E-state index is -1.22. The molecule has 0 bridgehead atoms. The van der Waals surface area contributed by atoms with Crippen molar-refractivity contribution in [2.24, 2.45) is 0 Å². The summed E-state index contributed by atoms with van der Waals surface area (Å²) < 4.78 is 0. The van der Waals surface area contributed by atoms with E-state index in [2.05, 4.69) is 9.97 Å². The quantitative estimate of drug-likeness (QED) is 0.742. The summed E-state index contributed by atoms with van der Waals surface area (Å²) in [6.45, 7) is 3.16. The maximum Gasteiger partial charge on any atom is 0.335 e. The maximum atomic E-state index is 11.4. The van der Waals surface area contributed by atoms with Crippen molar-refractivity contribution in [1.29, 1.82) is 0 Å². The summed E-state index contributed by atoms with van der Waals surface area (Å²) >= 11 is 5.99. The zero-order chi connectivity index (χ0) is 18.2. The number of aromatic carboxylic acids is 1. The van der Waals surface area contributed by atoms with Gasteiger partial charge in [-0.3, -0.25) is 9.97 Å². The van der Waals surface area contributed by atoms with Gasteiger partial charge in [0.1, 0.15) is 5.60 Å². The monoisotopic (exact) mass is 356 g/mol. The SMILES string of the molecule is CC(C)(O)c1cc(C(=O)O)cc(Cc2ccc3ncc(Cl)cc3c2)n1. The lowest BCUT2D eigenvalue weighted by atomic mass is 10.00. The van der Waals surface area contributed by atoms with Gasteiger partial charge in [0.25, 0.3) is 0 Å². The number of hydrogen-bond acceptors (Lipinski definition) is 4. The third kappa shape index (κ3) is 3.95. The molecule has 0 atom stereocenters. The van der Waals surface area contributed by atoms with Crippen molar-refractivity contribution in [2.45, 2.75) is 25.9 Å². The molecule has 0 amide bonds. The third-order valence-electron chi connectivity index (χ3n) is 3.85. The average Bonchev–Trinajstić information content (AvgIpc) is 2.53. The van der Waals surface area contributed by atoms with Crippen molar-refractivity contribution in [3.63, 3.8) is 0 Å². The lowest BCUT2D eigenvalue weighted by Crippen LogP contribution is -2.19. The van der Waals surface area contributed by atoms with Crippen LogP contribution in [0.2, 0.25) is 5.02 Å². The van der Waals surface area contributed by atoms with E-state index in [1.54, 1.807) is 20.0 Å². The van der Waals surface area contributed by atoms with Crippen molar-refractivity contribution in [2.75, 3.05) is 0 Å². The van der Waals surface area contributed by atoms with Gasteiger partial charge in [-0.25, -0.2) is 4.79 Å². The van der Waals surface area contributed by atoms with Crippen LogP contribution in [0.15, 0.2) is 42.6 Å². The Labute approximate surface area is 149 Å². The average molecular weight is 357 g/mol. The number of pyridine rings is 2. The number of carboxylic acid groups (broad SMARTS) is 1. The molecule has 0 saturated heterocycles. The molecule has 3 rings (SSSR count). The van der Waals surface area contributed by atoms with E-state index in [1.165, 1.54) is 12.1 Å². The van der Waals surface area contributed by atoms with E-state index in [4.69, 9.17) is 11.6 Å². The molecule has 0 spiro atoms. The highest BCUT2D eigenvalue weighted by Crippen LogP contribution is 2.23. The maximum absolute atomic E-state index is 11.4. The zero-order valence-electron chi connectivity index (χ0n) is 13.8. The number of aromatic nitrogens is 2. The van der Waals surface area contributed by atoms with Gasteiger partial charge in [0.05, 0.1) is 21.8 Å². The molecule has 0 aliphatic rings. The molecule has 3 aromatic rings. The molecule has 2 heterocycles. The van der Waals surface area contributed by atoms with Crippen molar-refractivity contribution in [3.8, 4) is 0 Å². The Kier molecular flexibility index (Phi) is 4.45. The van der Waals surface area contributed by atoms with Crippen LogP contribution in [-0.4, -0.2) is 26.2 Å². The van der Waals surface area contributed by atoms with Crippen LogP contribution < -0.4 is 0 Å². The highest BCUT2D eigenvalue weighted by molar-refractivity contribution is 6.31. The Morgan fingerprint density at radius 3 is 2.64 bits per heavy atom. The number of benzene rings is 1. The normalized spacial score (nSPS) is 11.7. The number of aliphatic hydroxyl groups is 1. The molecule has 5 nitrogen and oxygen atoms in total. The Balaban J connectivity index is 2.02. The number of carboxylic acids is 1. The molecular weight excluding hydrogens is 340 g/mol. The number of halogens is 1. The Hall–Kier alpha value is -2.50. The minimum absolute atomic E-state index is 0.104. The number of hydrogen-bond donors (Lipinski definition) is 2. The first-order chi connectivity index (χ1) is 11.7. The van der Waals surface area contributed by atoms with Gasteiger partial charge in [-0.05, 0) is 49.7 Å². The summed E-state index contributed by atoms with van der Waals surface area (Å²) in [6.07, 6.45) is 2.03. The fraction of sp³-hybridized carbons (Fsp3) is 0.211. The summed E-state index contributed by atoms with van der Waals surface area (Å²) in [5.41, 5.74) is 1.57. The van der Waals surface area contributed by atoms with E-state index in [9.17, 15) is 15.0 Å². The van der Waals surface area contributed by atoms with Gasteiger partial charge in [-0.2, -0.15) is 0 Å². The van der Waals surface area contributed by atoms with E-state index in [1.807, 2.05) is 24.3 Å². The molecule has 25 heavy (non-hydrogen) atoms. The molecule has 1 aromatic carbocycles. The van der Waals surface area contributed by atoms with Crippen LogP contribution in [-0.2, 0) is 12.0 Å². The topological polar surface area (TPSA) is 83.3 Å². The highest BCUT2D eigenvalue weighted by Gasteiger charge is 2.21. The van der Waals surface area contributed by atoms with Crippen LogP contribution in [0.1, 0.15) is 41.2 Å². The number of rotatable bonds is 4. The Bertz CT molecular complexity index is 965. The van der Waals surface area contributed by atoms with Crippen molar-refractivity contribution in [3.05, 3.63) is 70.1 Å². The van der Waals surface area contributed by atoms with E-state index in [-0.39, 0.29) is 5.56 Å². The van der Waals surface area contributed by atoms with E-state index in [0.29, 0.717) is 22.8 Å². The van der Waals surface area contributed by atoms with Gasteiger partial charge in [0, 0.05) is 23.7 Å². The molecule has 0 aliphatic heterocycles. The predicted octanol–water partition coefficient (Wildman–Crippen LogP) is 3.80. The number of carbonyl (C=O) groups is 1. The van der Waals surface area contributed by atoms with Crippen molar-refractivity contribution >= 4 is 28.5 Å². The molecule has 0 unspecified atom stereocenters. The summed E-state index contributed by atoms with van der Waals surface area (Å²) in [7, 11) is 0. The largest absolute Gasteiger partial charge is 0.478 e. The molecule has 2 aromatic heterocycles. The molecule has 0 saturated carbocycles. The lowest BCUT2D eigenvalue weighted by molar-refractivity contribution is 0.0686. The Morgan fingerprint density at radius 2 is 1.96 bits per heavy atom. The second kappa shape index (κ2) is 6.43. The molecule has 0 radical (unpaired) electrons. The molecule has 128 valence electrons. The number of fused-ring (bicyclic) bond motifs is 1. The standard InChI is InChI=1S/C19H17ClN2O3/c1-19(2,25)17-9-13(18(23)24)8-15(22-17)6-11-3-4-16-12(5-11)7-14(20)10-21-16/h3-5,7-10,25H,6H2,1-2H3,(H,23,24). The summed E-state index contributed by atoms with van der Waals surface area (Å²) in [5.74, 6) is -1.05. The van der Waals surface area contributed by atoms with Crippen molar-refractivity contribution in [1.82, 2.24) is 9.97 Å². The minimum Gasteiger partial charge on any atom is -0.478 e. The van der Waals surface area contributed by atoms with Gasteiger partial charge < -0.3 is 10.2 Å². The van der Waals surface area contributed by atoms with Crippen LogP contribution in [0, 0.1) is 0 Å². The second-order valence-electron chi connectivity index (χ2n) is 6.45. The van der Waals surface area contributed by atoms with Gasteiger partial charge in [0.15, 0.2) is 0 Å². The van der Waals surface area contributed by atoms with Gasteiger partial charge in [-0.15, -0.1) is 0 Å². The third-order valence-corrected chi connectivity index (χ3v) is 4.06. The summed E-state index contributed by atoms with van der Waals surface area (Å²) in [5, 5.41) is 20.9. The fourth-order valence-corrected chi connectivity index (χ4v) is 2.75. The summed E-state index contributed by atoms with van der Waals surface area (Å²) in [6, 6.07) is 10.5. The molecular formula is C19H17ClN2O3. The zero-order valence-corrected chi connectivity index (χ0v) is 14.6. The molecule has 6 heteroatoms. The highest BCUT2D eigenvalue weighted by atomic mass is 35.5. The van der Waals surface area contributed by atoms with Crippen LogP contribution in [0.25, 0.3) is 10.9 Å². The van der Waals surface area contributed by atoms with Gasteiger partial charge >= 0.3 is 5.97 Å². The second-order valence-corrected chi connectivity index (χ2v) is 6.89. The first-order valence-electron chi connectivity index (χ1n) is 7.74. The predicted molar refractivity (Wildman–Crippen MR) is 96.0 cm³/mol. The van der Waals surface area contributed by atoms with E-state index >= 15 is 0 Å². The number of nitrogens with zero attached hydrogens (tertiary/aromatic N) is 2. The molecule has 0 aliphatic carbocycles. The Morgan fingerprint density at radius 1 is 1.20 bits per heavy atom. The van der Waals surface area contributed by atoms with Gasteiger partial charge in [-0.1, -0.05) is 17.7 Å². The van der Waals surface area contributed by atoms with E-state index in [0.717, 1.165) is 16.5 Å². The lowest BCUT2D eigenvalue weighted by Gasteiger charge is -2.18. The summed E-state index contributed by atoms with van der Waals surface area (Å²) in [4.78, 5) is 20.0. The van der Waals surface area contributed by atoms with E-state index < -0.39 is 11.6 Å². The molecule has 0 fully saturated rings. The van der Waals surface area contributed by atoms with Crippen LogP contribution >= 0.6 is 11.6 Å². The van der Waals surface area contributed by atoms with Crippen LogP contribution in [0.3, 0.4) is 0 Å². The molecule has 2 N–H and O–H groups in total. The van der Waals surface area contributed by atoms with Crippen LogP contribution in [0.5, 0.6) is 0 Å².